The van der Waals surface area contributed by atoms with Gasteiger partial charge in [-0.2, -0.15) is 0 Å². The maximum Gasteiger partial charge on any atom is 0.264 e. The first-order valence-electron chi connectivity index (χ1n) is 13.2. The van der Waals surface area contributed by atoms with Gasteiger partial charge in [-0.3, -0.25) is 13.8 Å². The number of aryl methyl sites for hydroxylation is 3. The smallest absolute Gasteiger partial charge is 0.264 e. The van der Waals surface area contributed by atoms with Crippen LogP contribution in [-0.2, 0) is 24.8 Å². The van der Waals surface area contributed by atoms with Crippen LogP contribution in [0.1, 0.15) is 23.6 Å². The Kier molecular flexibility index (Phi) is 9.23. The van der Waals surface area contributed by atoms with E-state index in [0.29, 0.717) is 29.4 Å². The first-order chi connectivity index (χ1) is 19.9. The summed E-state index contributed by atoms with van der Waals surface area (Å²) in [6, 6.07) is 23.8. The van der Waals surface area contributed by atoms with E-state index in [4.69, 9.17) is 4.74 Å². The van der Waals surface area contributed by atoms with Gasteiger partial charge in [0.25, 0.3) is 20.0 Å². The van der Waals surface area contributed by atoms with Crippen LogP contribution < -0.4 is 19.1 Å². The normalized spacial score (nSPS) is 11.5. The Morgan fingerprint density at radius 3 is 1.95 bits per heavy atom. The van der Waals surface area contributed by atoms with Crippen molar-refractivity contribution in [1.82, 2.24) is 0 Å². The van der Waals surface area contributed by atoms with Crippen LogP contribution >= 0.6 is 0 Å². The molecule has 0 saturated heterocycles. The van der Waals surface area contributed by atoms with Crippen LogP contribution in [0.4, 0.5) is 17.1 Å². The molecule has 9 nitrogen and oxygen atoms in total. The summed E-state index contributed by atoms with van der Waals surface area (Å²) < 4.78 is 62.2. The molecule has 0 fully saturated rings. The van der Waals surface area contributed by atoms with Crippen LogP contribution in [0.2, 0.25) is 0 Å². The summed E-state index contributed by atoms with van der Waals surface area (Å²) in [6.07, 6.45) is 0. The zero-order chi connectivity index (χ0) is 30.5. The second-order valence-corrected chi connectivity index (χ2v) is 13.3. The van der Waals surface area contributed by atoms with Crippen LogP contribution in [0.5, 0.6) is 5.75 Å². The summed E-state index contributed by atoms with van der Waals surface area (Å²) in [7, 11) is -7.99. The minimum Gasteiger partial charge on any atom is -0.494 e. The lowest BCUT2D eigenvalue weighted by Crippen LogP contribution is -2.38. The van der Waals surface area contributed by atoms with Gasteiger partial charge in [0.2, 0.25) is 5.91 Å². The van der Waals surface area contributed by atoms with Gasteiger partial charge in [-0.05, 0) is 100.0 Å². The molecule has 1 amide bonds. The molecule has 0 aromatic heterocycles. The molecule has 4 aromatic rings. The highest BCUT2D eigenvalue weighted by molar-refractivity contribution is 7.93. The van der Waals surface area contributed by atoms with E-state index in [0.717, 1.165) is 21.0 Å². The number of rotatable bonds is 11. The molecule has 220 valence electrons. The molecule has 4 aromatic carbocycles. The average molecular weight is 608 g/mol. The lowest BCUT2D eigenvalue weighted by molar-refractivity contribution is -0.114. The second kappa shape index (κ2) is 12.7. The number of anilines is 3. The molecule has 0 bridgehead atoms. The highest BCUT2D eigenvalue weighted by Crippen LogP contribution is 2.26. The molecule has 0 atom stereocenters. The minimum absolute atomic E-state index is 0.00482. The molecular formula is C31H33N3O6S2. The van der Waals surface area contributed by atoms with E-state index < -0.39 is 32.5 Å². The third-order valence-corrected chi connectivity index (χ3v) is 9.58. The van der Waals surface area contributed by atoms with Gasteiger partial charge in [-0.1, -0.05) is 35.4 Å². The zero-order valence-corrected chi connectivity index (χ0v) is 25.4. The summed E-state index contributed by atoms with van der Waals surface area (Å²) in [6.45, 7) is 7.39. The van der Waals surface area contributed by atoms with E-state index in [-0.39, 0.29) is 9.79 Å². The molecule has 0 heterocycles. The predicted octanol–water partition coefficient (Wildman–Crippen LogP) is 5.65. The third kappa shape index (κ3) is 7.29. The van der Waals surface area contributed by atoms with Gasteiger partial charge in [-0.15, -0.1) is 0 Å². The van der Waals surface area contributed by atoms with Gasteiger partial charge >= 0.3 is 0 Å². The Bertz CT molecular complexity index is 1770. The molecule has 0 saturated carbocycles. The van der Waals surface area contributed by atoms with E-state index >= 15 is 0 Å². The highest BCUT2D eigenvalue weighted by atomic mass is 32.2. The van der Waals surface area contributed by atoms with Crippen molar-refractivity contribution >= 4 is 43.0 Å². The number of ether oxygens (including phenoxy) is 1. The van der Waals surface area contributed by atoms with E-state index in [9.17, 15) is 21.6 Å². The molecule has 0 unspecified atom stereocenters. The predicted molar refractivity (Wildman–Crippen MR) is 165 cm³/mol. The molecule has 42 heavy (non-hydrogen) atoms. The van der Waals surface area contributed by atoms with Gasteiger partial charge in [-0.25, -0.2) is 16.8 Å². The Balaban J connectivity index is 1.52. The van der Waals surface area contributed by atoms with Crippen LogP contribution in [0.25, 0.3) is 0 Å². The summed E-state index contributed by atoms with van der Waals surface area (Å²) >= 11 is 0. The van der Waals surface area contributed by atoms with Crippen molar-refractivity contribution in [3.8, 4) is 5.75 Å². The standard InChI is InChI=1S/C31H33N3O6S2/c1-5-40-27-13-17-29(18-14-27)42(38,39)34(26-11-6-22(2)7-12-26)21-31(35)32-25-9-15-28(16-10-25)41(36,37)33-30-19-8-23(3)20-24(30)4/h6-20,33H,5,21H2,1-4H3,(H,32,35). The Morgan fingerprint density at radius 1 is 0.762 bits per heavy atom. The fourth-order valence-electron chi connectivity index (χ4n) is 4.21. The SMILES string of the molecule is CCOc1ccc(S(=O)(=O)N(CC(=O)Nc2ccc(S(=O)(=O)Nc3ccc(C)cc3C)cc2)c2ccc(C)cc2)cc1. The number of hydrogen-bond acceptors (Lipinski definition) is 6. The average Bonchev–Trinajstić information content (AvgIpc) is 2.94. The van der Waals surface area contributed by atoms with Crippen molar-refractivity contribution in [1.29, 1.82) is 0 Å². The number of sulfonamides is 2. The van der Waals surface area contributed by atoms with E-state index in [1.54, 1.807) is 42.5 Å². The van der Waals surface area contributed by atoms with Crippen LogP contribution in [-0.4, -0.2) is 35.9 Å². The van der Waals surface area contributed by atoms with E-state index in [2.05, 4.69) is 10.0 Å². The number of carbonyl (C=O) groups excluding carboxylic acids is 1. The fourth-order valence-corrected chi connectivity index (χ4v) is 6.76. The summed E-state index contributed by atoms with van der Waals surface area (Å²) in [5, 5.41) is 2.67. The van der Waals surface area contributed by atoms with Crippen molar-refractivity contribution in [2.24, 2.45) is 0 Å². The van der Waals surface area contributed by atoms with Crippen LogP contribution in [0, 0.1) is 20.8 Å². The Hall–Kier alpha value is -4.35. The largest absolute Gasteiger partial charge is 0.494 e. The lowest BCUT2D eigenvalue weighted by Gasteiger charge is -2.24. The topological polar surface area (TPSA) is 122 Å². The molecule has 0 radical (unpaired) electrons. The second-order valence-electron chi connectivity index (χ2n) is 9.75. The summed E-state index contributed by atoms with van der Waals surface area (Å²) in [4.78, 5) is 13.1. The first-order valence-corrected chi connectivity index (χ1v) is 16.1. The lowest BCUT2D eigenvalue weighted by atomic mass is 10.1. The molecular weight excluding hydrogens is 574 g/mol. The van der Waals surface area contributed by atoms with Crippen LogP contribution in [0.3, 0.4) is 0 Å². The fraction of sp³-hybridized carbons (Fsp3) is 0.194. The summed E-state index contributed by atoms with van der Waals surface area (Å²) in [5.74, 6) is -0.0696. The number of nitrogens with one attached hydrogen (secondary N) is 2. The Labute approximate surface area is 247 Å². The monoisotopic (exact) mass is 607 g/mol. The van der Waals surface area contributed by atoms with Gasteiger partial charge in [0.05, 0.1) is 27.8 Å². The first kappa shape index (κ1) is 30.6. The van der Waals surface area contributed by atoms with Gasteiger partial charge in [0, 0.05) is 5.69 Å². The summed E-state index contributed by atoms with van der Waals surface area (Å²) in [5.41, 5.74) is 3.85. The van der Waals surface area contributed by atoms with Crippen LogP contribution in [0.15, 0.2) is 101 Å². The quantitative estimate of drug-likeness (QED) is 0.227. The van der Waals surface area contributed by atoms with E-state index in [1.165, 1.54) is 36.4 Å². The van der Waals surface area contributed by atoms with Gasteiger partial charge in [0.1, 0.15) is 12.3 Å². The zero-order valence-electron chi connectivity index (χ0n) is 23.8. The molecule has 0 aliphatic carbocycles. The molecule has 0 spiro atoms. The van der Waals surface area contributed by atoms with Crippen molar-refractivity contribution < 1.29 is 26.4 Å². The van der Waals surface area contributed by atoms with Crippen molar-refractivity contribution in [3.05, 3.63) is 108 Å². The molecule has 11 heteroatoms. The highest BCUT2D eigenvalue weighted by Gasteiger charge is 2.27. The number of nitrogens with zero attached hydrogens (tertiary/aromatic N) is 1. The third-order valence-electron chi connectivity index (χ3n) is 6.41. The number of hydrogen-bond donors (Lipinski definition) is 2. The van der Waals surface area contributed by atoms with Crippen molar-refractivity contribution in [2.75, 3.05) is 27.5 Å². The molecule has 2 N–H and O–H groups in total. The minimum atomic E-state index is -4.12. The molecule has 4 rings (SSSR count). The number of benzene rings is 4. The molecule has 0 aliphatic heterocycles. The van der Waals surface area contributed by atoms with Gasteiger partial charge in [0.15, 0.2) is 0 Å². The maximum atomic E-state index is 13.7. The van der Waals surface area contributed by atoms with Crippen molar-refractivity contribution in [2.45, 2.75) is 37.5 Å². The number of carbonyl (C=O) groups is 1. The van der Waals surface area contributed by atoms with Gasteiger partial charge < -0.3 is 10.1 Å². The van der Waals surface area contributed by atoms with Crippen molar-refractivity contribution in [3.63, 3.8) is 0 Å². The Morgan fingerprint density at radius 2 is 1.36 bits per heavy atom. The van der Waals surface area contributed by atoms with E-state index in [1.807, 2.05) is 39.8 Å². The maximum absolute atomic E-state index is 13.7. The number of amides is 1. The molecule has 0 aliphatic rings.